The monoisotopic (exact) mass is 562 g/mol. The summed E-state index contributed by atoms with van der Waals surface area (Å²) in [4.78, 5) is 0. The molecular weight excluding hydrogens is 541 g/mol. The fourth-order valence-corrected chi connectivity index (χ4v) is 23.6. The van der Waals surface area contributed by atoms with Gasteiger partial charge >= 0.3 is 0 Å². The molecule has 0 saturated carbocycles. The lowest BCUT2D eigenvalue weighted by Crippen LogP contribution is -2.23. The molecule has 1 heterocycles. The largest absolute Gasteiger partial charge is 0.257 e. The van der Waals surface area contributed by atoms with Crippen LogP contribution in [0.25, 0.3) is 0 Å². The molecule has 1 aliphatic heterocycles. The van der Waals surface area contributed by atoms with E-state index in [2.05, 4.69) is 28.2 Å². The van der Waals surface area contributed by atoms with Crippen molar-refractivity contribution in [3.8, 4) is 0 Å². The summed E-state index contributed by atoms with van der Waals surface area (Å²) in [5, 5.41) is 6.18. The van der Waals surface area contributed by atoms with Gasteiger partial charge < -0.3 is 0 Å². The Hall–Kier alpha value is 2.58. The Morgan fingerprint density at radius 2 is 0.846 bits per heavy atom. The molecule has 0 aromatic carbocycles. The fourth-order valence-electron chi connectivity index (χ4n) is 1.44. The number of rotatable bonds is 4. The predicted octanol–water partition coefficient (Wildman–Crippen LogP) is 10.5. The second-order valence-electron chi connectivity index (χ2n) is 8.11. The van der Waals surface area contributed by atoms with Crippen molar-refractivity contribution in [2.45, 2.75) is 41.5 Å². The predicted molar refractivity (Wildman–Crippen MR) is 127 cm³/mol. The van der Waals surface area contributed by atoms with Gasteiger partial charge in [-0.2, -0.15) is 18.1 Å². The Morgan fingerprint density at radius 3 is 1.08 bits per heavy atom. The first kappa shape index (κ1) is 26.6. The molecule has 0 aromatic heterocycles. The van der Waals surface area contributed by atoms with Crippen LogP contribution in [0.2, 0.25) is 0 Å². The molecule has 2 atom stereocenters. The number of nitrogens with one attached hydrogen (secondary N) is 2. The fraction of sp³-hybridized carbons (Fsp3) is 1.00. The van der Waals surface area contributed by atoms with Crippen LogP contribution in [0.1, 0.15) is 41.5 Å². The Labute approximate surface area is 185 Å². The van der Waals surface area contributed by atoms with Crippen LogP contribution < -0.4 is 10.2 Å². The molecule has 0 aromatic rings. The van der Waals surface area contributed by atoms with Gasteiger partial charge in [0.25, 0.3) is 11.8 Å². The molecule has 26 heavy (non-hydrogen) atoms. The van der Waals surface area contributed by atoms with Gasteiger partial charge in [0.2, 0.25) is 13.4 Å². The third-order valence-electron chi connectivity index (χ3n) is 2.53. The van der Waals surface area contributed by atoms with E-state index in [4.69, 9.17) is 67.4 Å². The maximum atomic E-state index is 6.58. The highest BCUT2D eigenvalue weighted by atomic mass is 35.9. The van der Waals surface area contributed by atoms with Gasteiger partial charge in [0, 0.05) is 13.1 Å². The highest BCUT2D eigenvalue weighted by molar-refractivity contribution is 8.19. The minimum atomic E-state index is -3.25. The van der Waals surface area contributed by atoms with Crippen LogP contribution in [0.5, 0.6) is 0 Å². The lowest BCUT2D eigenvalue weighted by Gasteiger charge is -2.28. The lowest BCUT2D eigenvalue weighted by molar-refractivity contribution is 0.414. The quantitative estimate of drug-likeness (QED) is 0.333. The van der Waals surface area contributed by atoms with E-state index in [0.29, 0.717) is 13.1 Å². The zero-order chi connectivity index (χ0) is 20.7. The molecule has 0 bridgehead atoms. The molecule has 16 heteroatoms. The molecular formula is C10H24Cl6N6P4. The van der Waals surface area contributed by atoms with Crippen LogP contribution in [0.4, 0.5) is 0 Å². The molecule has 2 unspecified atom stereocenters. The van der Waals surface area contributed by atoms with Crippen molar-refractivity contribution in [1.29, 1.82) is 0 Å². The van der Waals surface area contributed by atoms with Gasteiger partial charge in [-0.3, -0.25) is 10.2 Å². The number of hydrogen-bond donors (Lipinski definition) is 2. The smallest absolute Gasteiger partial charge is 0.253 e. The second-order valence-corrected chi connectivity index (χ2v) is 25.1. The van der Waals surface area contributed by atoms with Crippen molar-refractivity contribution in [2.24, 2.45) is 28.9 Å². The first-order valence-corrected chi connectivity index (χ1v) is 19.7. The molecule has 1 aliphatic rings. The minimum absolute atomic E-state index is 0.0828. The Bertz CT molecular complexity index is 691. The molecule has 0 spiro atoms. The van der Waals surface area contributed by atoms with E-state index < -0.39 is 25.2 Å². The van der Waals surface area contributed by atoms with Crippen molar-refractivity contribution in [3.63, 3.8) is 0 Å². The molecule has 1 rings (SSSR count). The van der Waals surface area contributed by atoms with Crippen molar-refractivity contribution in [3.05, 3.63) is 0 Å². The van der Waals surface area contributed by atoms with Gasteiger partial charge in [-0.05, 0) is 78.3 Å². The summed E-state index contributed by atoms with van der Waals surface area (Å²) >= 11 is 38.6. The van der Waals surface area contributed by atoms with Gasteiger partial charge in [0.05, 0.1) is 0 Å². The van der Waals surface area contributed by atoms with Crippen molar-refractivity contribution < 1.29 is 0 Å². The van der Waals surface area contributed by atoms with Crippen LogP contribution >= 0.6 is 92.7 Å². The molecule has 156 valence electrons. The molecule has 0 fully saturated rings. The average molecular weight is 565 g/mol. The van der Waals surface area contributed by atoms with Gasteiger partial charge in [0.15, 0.2) is 0 Å². The third kappa shape index (κ3) is 10.6. The maximum Gasteiger partial charge on any atom is 0.257 e. The average Bonchev–Trinajstić information content (AvgIpc) is 2.28. The number of halogens is 6. The molecule has 0 amide bonds. The van der Waals surface area contributed by atoms with E-state index in [1.165, 1.54) is 0 Å². The van der Waals surface area contributed by atoms with Gasteiger partial charge in [-0.1, -0.05) is 41.5 Å². The van der Waals surface area contributed by atoms with Crippen LogP contribution in [0, 0.1) is 10.8 Å². The number of nitrogens with zero attached hydrogens (tertiary/aromatic N) is 4. The second kappa shape index (κ2) is 8.98. The van der Waals surface area contributed by atoms with Crippen LogP contribution in [0.15, 0.2) is 18.1 Å². The summed E-state index contributed by atoms with van der Waals surface area (Å²) in [7, 11) is 0. The standard InChI is InChI=1S/C10H24Cl6N6P4/c1-9(2,3)7-17-25(15)19-23(11,12)21-26(16,18-8-10(4,5)6)22-24(13,14)20-25/h17-18H,7-8H2,1-6H3. The van der Waals surface area contributed by atoms with E-state index in [1.807, 2.05) is 41.5 Å². The normalized spacial score (nSPS) is 31.5. The zero-order valence-electron chi connectivity index (χ0n) is 15.3. The SMILES string of the molecule is CC(C)(C)CNP1(Cl)=NP(Cl)(Cl)=NP(Cl)(NCC(C)(C)C)=NP(Cl)(Cl)=N1. The van der Waals surface area contributed by atoms with E-state index >= 15 is 0 Å². The summed E-state index contributed by atoms with van der Waals surface area (Å²) < 4.78 is 17.3. The first-order valence-electron chi connectivity index (χ1n) is 7.48. The lowest BCUT2D eigenvalue weighted by atomic mass is 9.98. The third-order valence-corrected chi connectivity index (χ3v) is 18.9. The molecule has 0 aliphatic carbocycles. The van der Waals surface area contributed by atoms with Gasteiger partial charge in [-0.25, -0.2) is 0 Å². The molecule has 2 N–H and O–H groups in total. The minimum Gasteiger partial charge on any atom is -0.253 e. The number of hydrogen-bond acceptors (Lipinski definition) is 6. The summed E-state index contributed by atoms with van der Waals surface area (Å²) in [6.45, 7) is 6.99. The van der Waals surface area contributed by atoms with E-state index in [9.17, 15) is 0 Å². The van der Waals surface area contributed by atoms with E-state index in [-0.39, 0.29) is 10.8 Å². The molecule has 0 radical (unpaired) electrons. The van der Waals surface area contributed by atoms with Crippen LogP contribution in [-0.4, -0.2) is 13.1 Å². The van der Waals surface area contributed by atoms with Crippen LogP contribution in [-0.2, 0) is 0 Å². The Kier molecular flexibility index (Phi) is 9.19. The van der Waals surface area contributed by atoms with E-state index in [1.54, 1.807) is 0 Å². The zero-order valence-corrected chi connectivity index (χ0v) is 23.4. The highest BCUT2D eigenvalue weighted by Gasteiger charge is 2.34. The molecule has 6 nitrogen and oxygen atoms in total. The van der Waals surface area contributed by atoms with Gasteiger partial charge in [0.1, 0.15) is 0 Å². The summed E-state index contributed by atoms with van der Waals surface area (Å²) in [5.41, 5.74) is -0.166. The molecule has 0 saturated heterocycles. The van der Waals surface area contributed by atoms with Crippen molar-refractivity contribution in [1.82, 2.24) is 10.2 Å². The van der Waals surface area contributed by atoms with Crippen molar-refractivity contribution >= 4 is 92.7 Å². The summed E-state index contributed by atoms with van der Waals surface area (Å²) in [6, 6.07) is 0. The summed E-state index contributed by atoms with van der Waals surface area (Å²) in [5.74, 6) is -6.51. The van der Waals surface area contributed by atoms with E-state index in [0.717, 1.165) is 0 Å². The van der Waals surface area contributed by atoms with Gasteiger partial charge in [-0.15, -0.1) is 0 Å². The van der Waals surface area contributed by atoms with Crippen LogP contribution in [0.3, 0.4) is 0 Å². The Balaban J connectivity index is 3.45. The Morgan fingerprint density at radius 1 is 0.577 bits per heavy atom. The summed E-state index contributed by atoms with van der Waals surface area (Å²) in [6.07, 6.45) is 0. The maximum absolute atomic E-state index is 6.58. The van der Waals surface area contributed by atoms with Crippen molar-refractivity contribution in [2.75, 3.05) is 13.1 Å². The topological polar surface area (TPSA) is 73.5 Å². The highest BCUT2D eigenvalue weighted by Crippen LogP contribution is 2.84. The first-order chi connectivity index (χ1) is 11.2.